The molecule has 4 nitrogen and oxygen atoms in total. The van der Waals surface area contributed by atoms with Gasteiger partial charge in [-0.15, -0.1) is 0 Å². The van der Waals surface area contributed by atoms with Crippen LogP contribution in [0.25, 0.3) is 0 Å². The van der Waals surface area contributed by atoms with Crippen molar-refractivity contribution in [3.05, 3.63) is 0 Å². The Labute approximate surface area is 138 Å². The average Bonchev–Trinajstić information content (AvgIpc) is 2.41. The Kier molecular flexibility index (Phi) is 12.2. The van der Waals surface area contributed by atoms with Crippen LogP contribution in [0, 0.1) is 0 Å². The van der Waals surface area contributed by atoms with E-state index in [2.05, 4.69) is 14.0 Å². The normalized spacial score (nSPS) is 17.6. The predicted octanol–water partition coefficient (Wildman–Crippen LogP) is 4.26. The Morgan fingerprint density at radius 3 is 1.73 bits per heavy atom. The summed E-state index contributed by atoms with van der Waals surface area (Å²) < 4.78 is 27.2. The summed E-state index contributed by atoms with van der Waals surface area (Å²) in [5, 5.41) is 0. The lowest BCUT2D eigenvalue weighted by Gasteiger charge is -2.37. The predicted molar refractivity (Wildman–Crippen MR) is 94.7 cm³/mol. The van der Waals surface area contributed by atoms with Crippen molar-refractivity contribution < 1.29 is 17.5 Å². The van der Waals surface area contributed by atoms with Crippen molar-refractivity contribution in [1.29, 1.82) is 0 Å². The van der Waals surface area contributed by atoms with Gasteiger partial charge in [0.25, 0.3) is 10.1 Å². The highest BCUT2D eigenvalue weighted by molar-refractivity contribution is 7.85. The van der Waals surface area contributed by atoms with Crippen molar-refractivity contribution >= 4 is 10.1 Å². The van der Waals surface area contributed by atoms with Gasteiger partial charge >= 0.3 is 0 Å². The average molecular weight is 337 g/mol. The smallest absolute Gasteiger partial charge is 0.261 e. The largest absolute Gasteiger partial charge is 0.326 e. The van der Waals surface area contributed by atoms with E-state index in [4.69, 9.17) is 4.55 Å². The third-order valence-corrected chi connectivity index (χ3v) is 4.45. The molecule has 0 aromatic heterocycles. The molecule has 1 N–H and O–H groups in total. The Morgan fingerprint density at radius 1 is 0.864 bits per heavy atom. The zero-order valence-corrected chi connectivity index (χ0v) is 15.8. The monoisotopic (exact) mass is 336 g/mol. The first-order valence-electron chi connectivity index (χ1n) is 9.03. The minimum Gasteiger partial charge on any atom is -0.326 e. The van der Waals surface area contributed by atoms with Crippen LogP contribution in [-0.4, -0.2) is 50.4 Å². The van der Waals surface area contributed by atoms with E-state index in [-0.39, 0.29) is 0 Å². The zero-order valence-electron chi connectivity index (χ0n) is 15.0. The quantitative estimate of drug-likeness (QED) is 0.389. The molecule has 1 saturated heterocycles. The maximum Gasteiger partial charge on any atom is 0.261 e. The molecule has 0 spiro atoms. The van der Waals surface area contributed by atoms with Gasteiger partial charge in [0.05, 0.1) is 32.9 Å². The number of rotatable bonds is 9. The number of unbranched alkanes of at least 4 members (excludes halogenated alkanes) is 7. The summed E-state index contributed by atoms with van der Waals surface area (Å²) in [6, 6.07) is 0. The summed E-state index contributed by atoms with van der Waals surface area (Å²) in [7, 11) is -1.19. The second kappa shape index (κ2) is 12.3. The van der Waals surface area contributed by atoms with Crippen LogP contribution in [-0.2, 0) is 10.1 Å². The topological polar surface area (TPSA) is 54.4 Å². The lowest BCUT2D eigenvalue weighted by atomic mass is 10.1. The molecular weight excluding hydrogens is 298 g/mol. The first-order chi connectivity index (χ1) is 10.3. The Morgan fingerprint density at radius 2 is 1.27 bits per heavy atom. The van der Waals surface area contributed by atoms with Gasteiger partial charge in [-0.05, 0) is 32.1 Å². The maximum atomic E-state index is 9.19. The minimum absolute atomic E-state index is 0.715. The van der Waals surface area contributed by atoms with Gasteiger partial charge in [0.2, 0.25) is 0 Å². The standard InChI is InChI=1S/C16H34N.CH4O3S/c1-3-4-5-6-7-8-9-11-14-17(2)15-12-10-13-16-17;1-5(2,3)4/h3-16H2,1-2H3;1H3,(H,2,3,4)/q+1;. The maximum absolute atomic E-state index is 9.19. The van der Waals surface area contributed by atoms with Crippen LogP contribution in [0.1, 0.15) is 77.6 Å². The fraction of sp³-hybridized carbons (Fsp3) is 1.00. The highest BCUT2D eigenvalue weighted by atomic mass is 32.2. The summed E-state index contributed by atoms with van der Waals surface area (Å²) in [5.41, 5.74) is 0. The summed E-state index contributed by atoms with van der Waals surface area (Å²) in [4.78, 5) is 0. The molecular formula is C17H38NO3S+. The summed E-state index contributed by atoms with van der Waals surface area (Å²) in [6.45, 7) is 6.62. The third-order valence-electron chi connectivity index (χ3n) is 4.45. The molecule has 0 saturated carbocycles. The minimum atomic E-state index is -3.67. The first kappa shape index (κ1) is 21.9. The van der Waals surface area contributed by atoms with Gasteiger partial charge in [0.15, 0.2) is 0 Å². The van der Waals surface area contributed by atoms with E-state index >= 15 is 0 Å². The molecule has 1 fully saturated rings. The molecule has 1 rings (SSSR count). The van der Waals surface area contributed by atoms with Crippen molar-refractivity contribution in [2.24, 2.45) is 0 Å². The molecule has 1 aliphatic heterocycles. The lowest BCUT2D eigenvalue weighted by molar-refractivity contribution is -0.914. The zero-order chi connectivity index (χ0) is 16.9. The van der Waals surface area contributed by atoms with E-state index in [1.54, 1.807) is 0 Å². The van der Waals surface area contributed by atoms with Crippen LogP contribution >= 0.6 is 0 Å². The molecule has 22 heavy (non-hydrogen) atoms. The van der Waals surface area contributed by atoms with Crippen molar-refractivity contribution in [1.82, 2.24) is 0 Å². The molecule has 0 unspecified atom stereocenters. The summed E-state index contributed by atoms with van der Waals surface area (Å²) in [5.74, 6) is 0. The van der Waals surface area contributed by atoms with Gasteiger partial charge < -0.3 is 4.48 Å². The molecule has 0 bridgehead atoms. The van der Waals surface area contributed by atoms with Crippen LogP contribution < -0.4 is 0 Å². The Hall–Kier alpha value is -0.130. The van der Waals surface area contributed by atoms with Crippen molar-refractivity contribution in [2.75, 3.05) is 32.9 Å². The molecule has 1 aliphatic rings. The first-order valence-corrected chi connectivity index (χ1v) is 10.9. The second-order valence-corrected chi connectivity index (χ2v) is 8.52. The van der Waals surface area contributed by atoms with E-state index in [0.29, 0.717) is 6.26 Å². The molecule has 1 heterocycles. The molecule has 5 heteroatoms. The highest BCUT2D eigenvalue weighted by Crippen LogP contribution is 2.18. The molecule has 0 radical (unpaired) electrons. The molecule has 134 valence electrons. The molecule has 0 aromatic rings. The third kappa shape index (κ3) is 16.2. The van der Waals surface area contributed by atoms with E-state index in [0.717, 1.165) is 0 Å². The number of piperidine rings is 1. The number of hydrogen-bond donors (Lipinski definition) is 1. The van der Waals surface area contributed by atoms with Gasteiger partial charge in [-0.25, -0.2) is 0 Å². The number of likely N-dealkylation sites (tertiary alicyclic amines) is 1. The van der Waals surface area contributed by atoms with Gasteiger partial charge in [0.1, 0.15) is 0 Å². The van der Waals surface area contributed by atoms with E-state index in [9.17, 15) is 8.42 Å². The van der Waals surface area contributed by atoms with Gasteiger partial charge in [0, 0.05) is 0 Å². The van der Waals surface area contributed by atoms with Crippen LogP contribution in [0.3, 0.4) is 0 Å². The Balaban J connectivity index is 0.000000763. The van der Waals surface area contributed by atoms with Gasteiger partial charge in [-0.1, -0.05) is 45.4 Å². The van der Waals surface area contributed by atoms with Crippen LogP contribution in [0.2, 0.25) is 0 Å². The number of quaternary nitrogens is 1. The molecule has 0 atom stereocenters. The van der Waals surface area contributed by atoms with Crippen LogP contribution in [0.4, 0.5) is 0 Å². The number of hydrogen-bond acceptors (Lipinski definition) is 2. The highest BCUT2D eigenvalue weighted by Gasteiger charge is 2.23. The molecule has 0 aromatic carbocycles. The van der Waals surface area contributed by atoms with Crippen LogP contribution in [0.5, 0.6) is 0 Å². The van der Waals surface area contributed by atoms with Crippen molar-refractivity contribution in [3.63, 3.8) is 0 Å². The van der Waals surface area contributed by atoms with Crippen molar-refractivity contribution in [2.45, 2.75) is 77.6 Å². The van der Waals surface area contributed by atoms with Crippen LogP contribution in [0.15, 0.2) is 0 Å². The summed E-state index contributed by atoms with van der Waals surface area (Å²) >= 11 is 0. The van der Waals surface area contributed by atoms with Gasteiger partial charge in [-0.3, -0.25) is 4.55 Å². The van der Waals surface area contributed by atoms with Gasteiger partial charge in [-0.2, -0.15) is 8.42 Å². The second-order valence-electron chi connectivity index (χ2n) is 7.06. The Bertz CT molecular complexity index is 341. The molecule has 0 aliphatic carbocycles. The number of nitrogens with zero attached hydrogens (tertiary/aromatic N) is 1. The molecule has 0 amide bonds. The van der Waals surface area contributed by atoms with E-state index in [1.165, 1.54) is 94.7 Å². The summed E-state index contributed by atoms with van der Waals surface area (Å²) in [6.07, 6.45) is 16.8. The van der Waals surface area contributed by atoms with E-state index in [1.807, 2.05) is 0 Å². The van der Waals surface area contributed by atoms with Crippen molar-refractivity contribution in [3.8, 4) is 0 Å². The lowest BCUT2D eigenvalue weighted by Crippen LogP contribution is -2.48. The fourth-order valence-electron chi connectivity index (χ4n) is 3.13. The van der Waals surface area contributed by atoms with E-state index < -0.39 is 10.1 Å². The fourth-order valence-corrected chi connectivity index (χ4v) is 3.13. The SMILES string of the molecule is CCCCCCCCCC[N+]1(C)CCCCC1.CS(=O)(=O)O.